The highest BCUT2D eigenvalue weighted by atomic mass is 17.0. The first-order valence-corrected chi connectivity index (χ1v) is 4.36. The van der Waals surface area contributed by atoms with E-state index in [9.17, 15) is 4.79 Å². The van der Waals surface area contributed by atoms with E-state index in [1.807, 2.05) is 0 Å². The molecule has 0 spiro atoms. The Hall–Kier alpha value is -1.37. The van der Waals surface area contributed by atoms with Gasteiger partial charge in [-0.05, 0) is 0 Å². The summed E-state index contributed by atoms with van der Waals surface area (Å²) >= 11 is 0. The van der Waals surface area contributed by atoms with Crippen molar-refractivity contribution >= 4 is 5.97 Å². The first kappa shape index (κ1) is 11.7. The van der Waals surface area contributed by atoms with Crippen LogP contribution in [0.4, 0.5) is 0 Å². The molecule has 1 saturated heterocycles. The average molecular weight is 215 g/mol. The van der Waals surface area contributed by atoms with Gasteiger partial charge in [-0.2, -0.15) is 0 Å². The molecule has 0 aromatic carbocycles. The molecule has 1 aliphatic heterocycles. The van der Waals surface area contributed by atoms with Gasteiger partial charge >= 0.3 is 5.97 Å². The zero-order chi connectivity index (χ0) is 11.1. The Morgan fingerprint density at radius 3 is 2.73 bits per heavy atom. The largest absolute Gasteiger partial charge is 0.434 e. The summed E-state index contributed by atoms with van der Waals surface area (Å²) in [6, 6.07) is 0. The van der Waals surface area contributed by atoms with Gasteiger partial charge in [-0.25, -0.2) is 14.5 Å². The summed E-state index contributed by atoms with van der Waals surface area (Å²) in [7, 11) is 0. The van der Waals surface area contributed by atoms with E-state index in [2.05, 4.69) is 13.2 Å². The predicted octanol–water partition coefficient (Wildman–Crippen LogP) is 0.382. The highest BCUT2D eigenvalue weighted by Crippen LogP contribution is 2.10. The van der Waals surface area contributed by atoms with Gasteiger partial charge in [-0.3, -0.25) is 0 Å². The van der Waals surface area contributed by atoms with Gasteiger partial charge in [0.1, 0.15) is 13.2 Å². The van der Waals surface area contributed by atoms with Gasteiger partial charge in [0, 0.05) is 0 Å². The third-order valence-corrected chi connectivity index (χ3v) is 1.47. The highest BCUT2D eigenvalue weighted by Gasteiger charge is 2.22. The summed E-state index contributed by atoms with van der Waals surface area (Å²) in [6.07, 6.45) is 1.55. The third-order valence-electron chi connectivity index (χ3n) is 1.47. The quantitative estimate of drug-likeness (QED) is 0.210. The van der Waals surface area contributed by atoms with Crippen LogP contribution in [0.1, 0.15) is 0 Å². The van der Waals surface area contributed by atoms with Crippen LogP contribution in [0.5, 0.6) is 0 Å². The molecule has 1 aliphatic rings. The van der Waals surface area contributed by atoms with E-state index in [-0.39, 0.29) is 12.5 Å². The standard InChI is InChI=1S/C9H13NO5/c1-3-4-12-7-13-9(11)8(2)10-14-5-6-15-10/h3H,1-2,4-7H2. The van der Waals surface area contributed by atoms with E-state index < -0.39 is 5.97 Å². The number of hydroxylamine groups is 2. The van der Waals surface area contributed by atoms with Gasteiger partial charge in [0.25, 0.3) is 0 Å². The highest BCUT2D eigenvalue weighted by molar-refractivity contribution is 5.86. The predicted molar refractivity (Wildman–Crippen MR) is 50.0 cm³/mol. The van der Waals surface area contributed by atoms with E-state index in [1.54, 1.807) is 6.08 Å². The van der Waals surface area contributed by atoms with Gasteiger partial charge in [0.15, 0.2) is 12.5 Å². The molecular weight excluding hydrogens is 202 g/mol. The van der Waals surface area contributed by atoms with Crippen LogP contribution >= 0.6 is 0 Å². The second-order valence-electron chi connectivity index (χ2n) is 2.58. The maximum Gasteiger partial charge on any atom is 0.361 e. The van der Waals surface area contributed by atoms with Crippen LogP contribution in [-0.2, 0) is 23.9 Å². The number of nitrogens with zero attached hydrogens (tertiary/aromatic N) is 1. The molecule has 0 atom stereocenters. The number of hydrogen-bond donors (Lipinski definition) is 0. The lowest BCUT2D eigenvalue weighted by Gasteiger charge is -2.14. The van der Waals surface area contributed by atoms with Crippen LogP contribution in [0.15, 0.2) is 24.9 Å². The van der Waals surface area contributed by atoms with Crippen LogP contribution in [0.25, 0.3) is 0 Å². The van der Waals surface area contributed by atoms with Crippen molar-refractivity contribution in [1.82, 2.24) is 5.23 Å². The number of hydrogen-bond acceptors (Lipinski definition) is 6. The molecule has 0 aromatic rings. The summed E-state index contributed by atoms with van der Waals surface area (Å²) in [4.78, 5) is 21.1. The Kier molecular flexibility index (Phi) is 4.82. The minimum absolute atomic E-state index is 0.0188. The molecule has 0 unspecified atom stereocenters. The van der Waals surface area contributed by atoms with Crippen molar-refractivity contribution in [3.8, 4) is 0 Å². The first-order valence-electron chi connectivity index (χ1n) is 4.36. The fourth-order valence-electron chi connectivity index (χ4n) is 0.818. The topological polar surface area (TPSA) is 57.2 Å². The fourth-order valence-corrected chi connectivity index (χ4v) is 0.818. The smallest absolute Gasteiger partial charge is 0.361 e. The van der Waals surface area contributed by atoms with E-state index >= 15 is 0 Å². The maximum absolute atomic E-state index is 11.3. The third kappa shape index (κ3) is 3.70. The number of esters is 1. The van der Waals surface area contributed by atoms with Crippen molar-refractivity contribution in [2.45, 2.75) is 0 Å². The molecule has 84 valence electrons. The lowest BCUT2D eigenvalue weighted by atomic mass is 10.5. The van der Waals surface area contributed by atoms with Crippen molar-refractivity contribution in [2.24, 2.45) is 0 Å². The maximum atomic E-state index is 11.3. The normalized spacial score (nSPS) is 15.1. The number of carbonyl (C=O) groups is 1. The summed E-state index contributed by atoms with van der Waals surface area (Å²) < 4.78 is 9.57. The Balaban J connectivity index is 2.20. The molecule has 1 rings (SSSR count). The van der Waals surface area contributed by atoms with Crippen LogP contribution in [-0.4, -0.2) is 37.8 Å². The molecule has 6 heteroatoms. The van der Waals surface area contributed by atoms with E-state index in [4.69, 9.17) is 19.1 Å². The number of carbonyl (C=O) groups excluding carboxylic acids is 1. The molecule has 0 radical (unpaired) electrons. The Morgan fingerprint density at radius 2 is 2.13 bits per heavy atom. The molecule has 1 fully saturated rings. The van der Waals surface area contributed by atoms with Crippen molar-refractivity contribution in [3.63, 3.8) is 0 Å². The number of rotatable bonds is 6. The molecule has 0 bridgehead atoms. The lowest BCUT2D eigenvalue weighted by molar-refractivity contribution is -0.272. The molecule has 1 heterocycles. The Labute approximate surface area is 87.6 Å². The Morgan fingerprint density at radius 1 is 1.47 bits per heavy atom. The molecule has 0 N–H and O–H groups in total. The molecular formula is C9H13NO5. The van der Waals surface area contributed by atoms with Crippen LogP contribution in [0.3, 0.4) is 0 Å². The van der Waals surface area contributed by atoms with E-state index in [1.165, 1.54) is 0 Å². The Bertz CT molecular complexity index is 247. The van der Waals surface area contributed by atoms with Gasteiger partial charge in [-0.15, -0.1) is 11.8 Å². The van der Waals surface area contributed by atoms with Crippen molar-refractivity contribution in [2.75, 3.05) is 26.6 Å². The number of ether oxygens (including phenoxy) is 2. The average Bonchev–Trinajstić information content (AvgIpc) is 2.76. The summed E-state index contributed by atoms with van der Waals surface area (Å²) in [6.45, 7) is 7.84. The van der Waals surface area contributed by atoms with Gasteiger partial charge in [-0.1, -0.05) is 12.7 Å². The summed E-state index contributed by atoms with van der Waals surface area (Å²) in [5.41, 5.74) is -0.0188. The van der Waals surface area contributed by atoms with Crippen molar-refractivity contribution in [1.29, 1.82) is 0 Å². The van der Waals surface area contributed by atoms with Crippen molar-refractivity contribution in [3.05, 3.63) is 24.9 Å². The van der Waals surface area contributed by atoms with Crippen LogP contribution in [0, 0.1) is 0 Å². The van der Waals surface area contributed by atoms with Crippen LogP contribution < -0.4 is 0 Å². The zero-order valence-corrected chi connectivity index (χ0v) is 8.31. The van der Waals surface area contributed by atoms with E-state index in [0.717, 1.165) is 5.23 Å². The molecule has 0 aromatic heterocycles. The molecule has 6 nitrogen and oxygen atoms in total. The minimum atomic E-state index is -0.652. The second kappa shape index (κ2) is 6.18. The fraction of sp³-hybridized carbons (Fsp3) is 0.444. The van der Waals surface area contributed by atoms with Crippen LogP contribution in [0.2, 0.25) is 0 Å². The monoisotopic (exact) mass is 215 g/mol. The molecule has 15 heavy (non-hydrogen) atoms. The second-order valence-corrected chi connectivity index (χ2v) is 2.58. The summed E-state index contributed by atoms with van der Waals surface area (Å²) in [5, 5.41) is 0.940. The summed E-state index contributed by atoms with van der Waals surface area (Å²) in [5.74, 6) is -0.652. The lowest BCUT2D eigenvalue weighted by Crippen LogP contribution is -2.23. The first-order chi connectivity index (χ1) is 7.25. The van der Waals surface area contributed by atoms with Gasteiger partial charge in [0.05, 0.1) is 6.61 Å². The van der Waals surface area contributed by atoms with Crippen molar-refractivity contribution < 1.29 is 23.9 Å². The molecule has 0 saturated carbocycles. The van der Waals surface area contributed by atoms with E-state index in [0.29, 0.717) is 19.8 Å². The minimum Gasteiger partial charge on any atom is -0.434 e. The molecule has 0 amide bonds. The zero-order valence-electron chi connectivity index (χ0n) is 8.31. The SMILES string of the molecule is C=CCOCOC(=O)C(=C)N1OCCO1. The molecule has 0 aliphatic carbocycles. The van der Waals surface area contributed by atoms with Gasteiger partial charge in [0.2, 0.25) is 0 Å². The van der Waals surface area contributed by atoms with Gasteiger partial charge < -0.3 is 9.47 Å².